The molecule has 0 saturated carbocycles. The first kappa shape index (κ1) is 10.2. The SMILES string of the molecule is Cc1nc2n(n1)C(c1ccc(F)cn1)CCN2. The van der Waals surface area contributed by atoms with Crippen LogP contribution in [0.25, 0.3) is 0 Å². The minimum absolute atomic E-state index is 0.0352. The van der Waals surface area contributed by atoms with Crippen LogP contribution in [-0.2, 0) is 0 Å². The fourth-order valence-electron chi connectivity index (χ4n) is 2.07. The third-order valence-electron chi connectivity index (χ3n) is 2.82. The smallest absolute Gasteiger partial charge is 0.222 e. The summed E-state index contributed by atoms with van der Waals surface area (Å²) in [5.74, 6) is 1.16. The van der Waals surface area contributed by atoms with Gasteiger partial charge in [0, 0.05) is 6.54 Å². The molecular formula is C11H12FN5. The maximum absolute atomic E-state index is 12.8. The number of halogens is 1. The van der Waals surface area contributed by atoms with E-state index in [4.69, 9.17) is 0 Å². The average Bonchev–Trinajstić information content (AvgIpc) is 2.70. The number of aromatic nitrogens is 4. The highest BCUT2D eigenvalue weighted by Crippen LogP contribution is 2.26. The Labute approximate surface area is 97.7 Å². The minimum Gasteiger partial charge on any atom is -0.354 e. The van der Waals surface area contributed by atoms with Gasteiger partial charge in [-0.2, -0.15) is 10.1 Å². The first-order chi connectivity index (χ1) is 8.24. The molecule has 1 unspecified atom stereocenters. The lowest BCUT2D eigenvalue weighted by molar-refractivity contribution is 0.466. The van der Waals surface area contributed by atoms with E-state index in [1.807, 2.05) is 11.6 Å². The van der Waals surface area contributed by atoms with Crippen molar-refractivity contribution in [1.29, 1.82) is 0 Å². The second-order valence-electron chi connectivity index (χ2n) is 4.06. The zero-order valence-electron chi connectivity index (χ0n) is 9.39. The van der Waals surface area contributed by atoms with Gasteiger partial charge < -0.3 is 5.32 Å². The number of nitrogens with zero attached hydrogens (tertiary/aromatic N) is 4. The number of pyridine rings is 1. The topological polar surface area (TPSA) is 55.6 Å². The van der Waals surface area contributed by atoms with Crippen molar-refractivity contribution in [3.8, 4) is 0 Å². The van der Waals surface area contributed by atoms with Gasteiger partial charge >= 0.3 is 0 Å². The molecule has 2 aromatic rings. The van der Waals surface area contributed by atoms with Crippen LogP contribution in [0.1, 0.15) is 24.0 Å². The van der Waals surface area contributed by atoms with Gasteiger partial charge in [-0.25, -0.2) is 9.07 Å². The van der Waals surface area contributed by atoms with Gasteiger partial charge in [-0.15, -0.1) is 0 Å². The molecule has 1 N–H and O–H groups in total. The number of hydrogen-bond donors (Lipinski definition) is 1. The van der Waals surface area contributed by atoms with Gasteiger partial charge in [-0.1, -0.05) is 0 Å². The van der Waals surface area contributed by atoms with E-state index >= 15 is 0 Å². The summed E-state index contributed by atoms with van der Waals surface area (Å²) < 4.78 is 14.7. The van der Waals surface area contributed by atoms with Crippen molar-refractivity contribution in [1.82, 2.24) is 19.7 Å². The molecule has 88 valence electrons. The fourth-order valence-corrected chi connectivity index (χ4v) is 2.07. The Morgan fingerprint density at radius 1 is 1.47 bits per heavy atom. The first-order valence-corrected chi connectivity index (χ1v) is 5.52. The number of anilines is 1. The highest BCUT2D eigenvalue weighted by Gasteiger charge is 2.24. The molecule has 0 bridgehead atoms. The molecule has 3 rings (SSSR count). The Hall–Kier alpha value is -1.98. The van der Waals surface area contributed by atoms with Crippen LogP contribution in [0, 0.1) is 12.7 Å². The van der Waals surface area contributed by atoms with Crippen LogP contribution in [0.4, 0.5) is 10.3 Å². The Morgan fingerprint density at radius 2 is 2.35 bits per heavy atom. The van der Waals surface area contributed by atoms with E-state index in [9.17, 15) is 4.39 Å². The zero-order chi connectivity index (χ0) is 11.8. The van der Waals surface area contributed by atoms with Crippen LogP contribution in [0.3, 0.4) is 0 Å². The van der Waals surface area contributed by atoms with E-state index in [0.29, 0.717) is 0 Å². The fraction of sp³-hybridized carbons (Fsp3) is 0.364. The monoisotopic (exact) mass is 233 g/mol. The average molecular weight is 233 g/mol. The van der Waals surface area contributed by atoms with E-state index in [0.717, 1.165) is 30.4 Å². The van der Waals surface area contributed by atoms with Crippen LogP contribution in [0.15, 0.2) is 18.3 Å². The molecule has 1 aliphatic rings. The predicted octanol–water partition coefficient (Wildman–Crippen LogP) is 1.53. The summed E-state index contributed by atoms with van der Waals surface area (Å²) in [7, 11) is 0. The van der Waals surface area contributed by atoms with Crippen molar-refractivity contribution in [3.63, 3.8) is 0 Å². The summed E-state index contributed by atoms with van der Waals surface area (Å²) in [6.07, 6.45) is 2.11. The van der Waals surface area contributed by atoms with Crippen molar-refractivity contribution in [3.05, 3.63) is 35.7 Å². The molecule has 3 heterocycles. The second-order valence-corrected chi connectivity index (χ2v) is 4.06. The molecule has 0 radical (unpaired) electrons. The summed E-state index contributed by atoms with van der Waals surface area (Å²) in [5, 5.41) is 7.52. The molecule has 0 aliphatic carbocycles. The maximum atomic E-state index is 12.8. The van der Waals surface area contributed by atoms with E-state index in [-0.39, 0.29) is 11.9 Å². The number of nitrogens with one attached hydrogen (secondary N) is 1. The van der Waals surface area contributed by atoms with Crippen LogP contribution in [-0.4, -0.2) is 26.3 Å². The predicted molar refractivity (Wildman–Crippen MR) is 60.2 cm³/mol. The molecule has 17 heavy (non-hydrogen) atoms. The van der Waals surface area contributed by atoms with E-state index in [1.165, 1.54) is 12.3 Å². The molecule has 1 atom stereocenters. The molecule has 0 fully saturated rings. The molecule has 5 nitrogen and oxygen atoms in total. The van der Waals surface area contributed by atoms with Crippen molar-refractivity contribution >= 4 is 5.95 Å². The standard InChI is InChI=1S/C11H12FN5/c1-7-15-11-13-5-4-10(17(11)16-7)9-3-2-8(12)6-14-9/h2-3,6,10H,4-5H2,1H3,(H,13,15,16). The molecule has 1 aliphatic heterocycles. The van der Waals surface area contributed by atoms with E-state index in [2.05, 4.69) is 20.4 Å². The van der Waals surface area contributed by atoms with Crippen LogP contribution >= 0.6 is 0 Å². The quantitative estimate of drug-likeness (QED) is 0.811. The number of hydrogen-bond acceptors (Lipinski definition) is 4. The Bertz CT molecular complexity index is 533. The molecule has 0 aromatic carbocycles. The van der Waals surface area contributed by atoms with Gasteiger partial charge in [0.25, 0.3) is 0 Å². The van der Waals surface area contributed by atoms with Crippen molar-refractivity contribution in [2.24, 2.45) is 0 Å². The third-order valence-corrected chi connectivity index (χ3v) is 2.82. The van der Waals surface area contributed by atoms with Gasteiger partial charge in [0.1, 0.15) is 11.6 Å². The normalized spacial score (nSPS) is 18.6. The molecular weight excluding hydrogens is 221 g/mol. The molecule has 0 spiro atoms. The molecule has 6 heteroatoms. The van der Waals surface area contributed by atoms with Gasteiger partial charge in [-0.05, 0) is 25.5 Å². The third kappa shape index (κ3) is 1.75. The Morgan fingerprint density at radius 3 is 3.12 bits per heavy atom. The highest BCUT2D eigenvalue weighted by molar-refractivity contribution is 5.30. The summed E-state index contributed by atoms with van der Waals surface area (Å²) >= 11 is 0. The van der Waals surface area contributed by atoms with Crippen LogP contribution < -0.4 is 5.32 Å². The summed E-state index contributed by atoms with van der Waals surface area (Å²) in [5.41, 5.74) is 0.819. The van der Waals surface area contributed by atoms with Gasteiger partial charge in [0.2, 0.25) is 5.95 Å². The lowest BCUT2D eigenvalue weighted by Gasteiger charge is -2.23. The first-order valence-electron chi connectivity index (χ1n) is 5.52. The van der Waals surface area contributed by atoms with Gasteiger partial charge in [0.15, 0.2) is 0 Å². The summed E-state index contributed by atoms with van der Waals surface area (Å²) in [6.45, 7) is 2.67. The van der Waals surface area contributed by atoms with Crippen LogP contribution in [0.5, 0.6) is 0 Å². The molecule has 2 aromatic heterocycles. The lowest BCUT2D eigenvalue weighted by atomic mass is 10.1. The van der Waals surface area contributed by atoms with Gasteiger partial charge in [0.05, 0.1) is 17.9 Å². The largest absolute Gasteiger partial charge is 0.354 e. The minimum atomic E-state index is -0.322. The Balaban J connectivity index is 2.02. The highest BCUT2D eigenvalue weighted by atomic mass is 19.1. The van der Waals surface area contributed by atoms with E-state index in [1.54, 1.807) is 6.07 Å². The summed E-state index contributed by atoms with van der Waals surface area (Å²) in [4.78, 5) is 8.40. The zero-order valence-corrected chi connectivity index (χ0v) is 9.39. The number of rotatable bonds is 1. The second kappa shape index (κ2) is 3.80. The van der Waals surface area contributed by atoms with Gasteiger partial charge in [-0.3, -0.25) is 4.98 Å². The maximum Gasteiger partial charge on any atom is 0.222 e. The van der Waals surface area contributed by atoms with E-state index < -0.39 is 0 Å². The number of aryl methyl sites for hydroxylation is 1. The summed E-state index contributed by atoms with van der Waals surface area (Å²) in [6, 6.07) is 3.16. The Kier molecular flexibility index (Phi) is 2.28. The van der Waals surface area contributed by atoms with Crippen molar-refractivity contribution in [2.45, 2.75) is 19.4 Å². The molecule has 0 saturated heterocycles. The number of fused-ring (bicyclic) bond motifs is 1. The lowest BCUT2D eigenvalue weighted by Crippen LogP contribution is -2.25. The van der Waals surface area contributed by atoms with Crippen molar-refractivity contribution < 1.29 is 4.39 Å². The van der Waals surface area contributed by atoms with Crippen LogP contribution in [0.2, 0.25) is 0 Å². The van der Waals surface area contributed by atoms with Crippen molar-refractivity contribution in [2.75, 3.05) is 11.9 Å². The molecule has 0 amide bonds.